The van der Waals surface area contributed by atoms with E-state index in [0.717, 1.165) is 23.8 Å². The molecule has 5 rings (SSSR count). The number of carboxylic acid groups (broad SMARTS) is 1. The van der Waals surface area contributed by atoms with E-state index in [-0.39, 0.29) is 29.0 Å². The Bertz CT molecular complexity index is 1330. The summed E-state index contributed by atoms with van der Waals surface area (Å²) in [6.45, 7) is 5.99. The average molecular weight is 528 g/mol. The Morgan fingerprint density at radius 3 is 2.74 bits per heavy atom. The predicted octanol–water partition coefficient (Wildman–Crippen LogP) is 3.01. The van der Waals surface area contributed by atoms with Crippen molar-refractivity contribution in [2.75, 3.05) is 40.6 Å². The highest BCUT2D eigenvalue weighted by Crippen LogP contribution is 2.55. The average Bonchev–Trinajstić information content (AvgIpc) is 3.23. The number of aliphatic imine (C=N–C) groups is 1. The number of benzene rings is 1. The number of carbonyl (C=O) groups is 1. The Morgan fingerprint density at radius 2 is 2.08 bits per heavy atom. The molecule has 1 aromatic carbocycles. The van der Waals surface area contributed by atoms with Crippen LogP contribution in [0.2, 0.25) is 0 Å². The molecular weight excluding hydrogens is 494 g/mol. The molecule has 38 heavy (non-hydrogen) atoms. The van der Waals surface area contributed by atoms with Crippen LogP contribution < -0.4 is 10.2 Å². The molecule has 11 nitrogen and oxygen atoms in total. The van der Waals surface area contributed by atoms with E-state index in [1.165, 1.54) is 0 Å². The van der Waals surface area contributed by atoms with Crippen LogP contribution in [0.1, 0.15) is 55.1 Å². The minimum atomic E-state index is -1.09. The minimum absolute atomic E-state index is 0.0789. The number of aromatic carboxylic acids is 1. The molecule has 1 saturated carbocycles. The molecule has 2 aliphatic heterocycles. The van der Waals surface area contributed by atoms with Gasteiger partial charge in [0, 0.05) is 25.0 Å². The van der Waals surface area contributed by atoms with Crippen molar-refractivity contribution in [1.82, 2.24) is 10.0 Å². The summed E-state index contributed by atoms with van der Waals surface area (Å²) in [5.41, 5.74) is 3.32. The molecule has 0 amide bonds. The Kier molecular flexibility index (Phi) is 6.96. The largest absolute Gasteiger partial charge is 0.495 e. The van der Waals surface area contributed by atoms with E-state index < -0.39 is 11.5 Å². The fourth-order valence-corrected chi connectivity index (χ4v) is 5.84. The minimum Gasteiger partial charge on any atom is -0.495 e. The Hall–Kier alpha value is -3.37. The van der Waals surface area contributed by atoms with Crippen LogP contribution in [0.5, 0.6) is 5.75 Å². The molecule has 0 spiro atoms. The first-order valence-electron chi connectivity index (χ1n) is 12.7. The lowest BCUT2D eigenvalue weighted by atomic mass is 9.83. The zero-order valence-corrected chi connectivity index (χ0v) is 22.0. The van der Waals surface area contributed by atoms with Gasteiger partial charge in [0.15, 0.2) is 11.8 Å². The molecule has 3 atom stereocenters. The Balaban J connectivity index is 1.64. The number of fused-ring (bicyclic) bond motifs is 1. The van der Waals surface area contributed by atoms with Gasteiger partial charge in [-0.25, -0.2) is 15.1 Å². The number of hydroxylamine groups is 1. The van der Waals surface area contributed by atoms with Gasteiger partial charge in [-0.2, -0.15) is 4.99 Å². The lowest BCUT2D eigenvalue weighted by Gasteiger charge is -2.36. The third-order valence-electron chi connectivity index (χ3n) is 7.67. The van der Waals surface area contributed by atoms with Crippen molar-refractivity contribution in [2.24, 2.45) is 10.9 Å². The highest BCUT2D eigenvalue weighted by molar-refractivity contribution is 6.02. The molecule has 0 unspecified atom stereocenters. The summed E-state index contributed by atoms with van der Waals surface area (Å²) in [5.74, 6) is 1.31. The smallest absolute Gasteiger partial charge is 0.352 e. The summed E-state index contributed by atoms with van der Waals surface area (Å²) < 4.78 is 24.4. The van der Waals surface area contributed by atoms with E-state index in [4.69, 9.17) is 23.8 Å². The quantitative estimate of drug-likeness (QED) is 0.354. The second-order valence-corrected chi connectivity index (χ2v) is 10.6. The molecular formula is C27H33N3O8. The van der Waals surface area contributed by atoms with Crippen molar-refractivity contribution >= 4 is 28.6 Å². The zero-order chi connectivity index (χ0) is 27.1. The zero-order valence-electron chi connectivity index (χ0n) is 22.0. The highest BCUT2D eigenvalue weighted by Gasteiger charge is 2.63. The maximum absolute atomic E-state index is 12.6. The van der Waals surface area contributed by atoms with Crippen molar-refractivity contribution in [3.63, 3.8) is 0 Å². The maximum atomic E-state index is 12.6. The molecule has 1 aromatic heterocycles. The summed E-state index contributed by atoms with van der Waals surface area (Å²) in [4.78, 5) is 33.3. The molecule has 0 radical (unpaired) electrons. The number of hydrogen-bond acceptors (Lipinski definition) is 9. The number of hydrogen-bond donors (Lipinski definition) is 2. The van der Waals surface area contributed by atoms with Gasteiger partial charge in [-0.3, -0.25) is 0 Å². The van der Waals surface area contributed by atoms with Gasteiger partial charge in [0.1, 0.15) is 17.0 Å². The van der Waals surface area contributed by atoms with Crippen LogP contribution in [-0.4, -0.2) is 73.7 Å². The van der Waals surface area contributed by atoms with Crippen molar-refractivity contribution in [2.45, 2.75) is 50.2 Å². The Morgan fingerprint density at radius 1 is 1.26 bits per heavy atom. The van der Waals surface area contributed by atoms with Crippen LogP contribution in [0.25, 0.3) is 10.9 Å². The third-order valence-corrected chi connectivity index (χ3v) is 7.67. The van der Waals surface area contributed by atoms with Gasteiger partial charge in [0.05, 0.1) is 38.0 Å². The number of methoxy groups -OCH3 is 2. The summed E-state index contributed by atoms with van der Waals surface area (Å²) in [6, 6.07) is 5.71. The van der Waals surface area contributed by atoms with E-state index in [2.05, 4.69) is 24.3 Å². The summed E-state index contributed by atoms with van der Waals surface area (Å²) in [6.07, 6.45) is 2.23. The number of ether oxygens (including phenoxy) is 4. The normalized spacial score (nSPS) is 25.9. The highest BCUT2D eigenvalue weighted by atomic mass is 16.7. The van der Waals surface area contributed by atoms with E-state index in [1.54, 1.807) is 30.8 Å². The van der Waals surface area contributed by atoms with E-state index in [0.29, 0.717) is 50.0 Å². The van der Waals surface area contributed by atoms with Crippen LogP contribution in [0.4, 0.5) is 0 Å². The van der Waals surface area contributed by atoms with Gasteiger partial charge in [-0.1, -0.05) is 0 Å². The van der Waals surface area contributed by atoms with Crippen LogP contribution in [-0.2, 0) is 29.4 Å². The molecule has 2 N–H and O–H groups in total. The summed E-state index contributed by atoms with van der Waals surface area (Å²) in [5, 5.41) is 11.0. The SMILES string of the molecule is COCCOC[C@H]1C[C@]1(C1=NC(=C=O)ON1)n1c(C(=O)O)cc2cc([C@H]3CCOC(C)(C)C3)cc(OC)c21. The molecule has 11 heteroatoms. The lowest BCUT2D eigenvalue weighted by molar-refractivity contribution is -0.0593. The molecule has 0 bridgehead atoms. The standard InChI is InChI=1S/C27H33N3O8/c1-26(2)12-16(5-6-37-26)17-9-18-10-20(24(32)33)30(23(18)21(11-17)35-4)27(25-28-22(14-31)38-29-25)13-19(27)15-36-8-7-34-3/h9-11,16,19H,5-8,12-13,15H2,1-4H3,(H,28,29)(H,32,33)/t16-,19+,27-/m0/s1. The topological polar surface area (TPSA) is 130 Å². The van der Waals surface area contributed by atoms with Gasteiger partial charge < -0.3 is 33.5 Å². The third kappa shape index (κ3) is 4.56. The van der Waals surface area contributed by atoms with Gasteiger partial charge in [-0.05, 0) is 62.8 Å². The van der Waals surface area contributed by atoms with Crippen molar-refractivity contribution in [3.8, 4) is 5.75 Å². The molecule has 2 fully saturated rings. The van der Waals surface area contributed by atoms with Crippen LogP contribution in [0, 0.1) is 5.92 Å². The lowest BCUT2D eigenvalue weighted by Crippen LogP contribution is -2.39. The van der Waals surface area contributed by atoms with Crippen LogP contribution in [0.3, 0.4) is 0 Å². The van der Waals surface area contributed by atoms with E-state index in [9.17, 15) is 14.7 Å². The molecule has 2 aromatic rings. The van der Waals surface area contributed by atoms with Crippen LogP contribution in [0.15, 0.2) is 29.1 Å². The van der Waals surface area contributed by atoms with Gasteiger partial charge in [-0.15, -0.1) is 0 Å². The molecule has 3 aliphatic rings. The first-order valence-corrected chi connectivity index (χ1v) is 12.7. The second kappa shape index (κ2) is 10.1. The number of nitrogens with zero attached hydrogens (tertiary/aromatic N) is 2. The maximum Gasteiger partial charge on any atom is 0.352 e. The van der Waals surface area contributed by atoms with E-state index >= 15 is 0 Å². The summed E-state index contributed by atoms with van der Waals surface area (Å²) in [7, 11) is 3.18. The van der Waals surface area contributed by atoms with Crippen molar-refractivity contribution in [3.05, 3.63) is 35.3 Å². The number of nitrogens with one attached hydrogen (secondary N) is 1. The van der Waals surface area contributed by atoms with Gasteiger partial charge in [0.2, 0.25) is 0 Å². The van der Waals surface area contributed by atoms with Crippen molar-refractivity contribution in [1.29, 1.82) is 0 Å². The molecule has 3 heterocycles. The number of carbonyl (C=O) groups excluding carboxylic acids is 1. The predicted molar refractivity (Wildman–Crippen MR) is 137 cm³/mol. The number of carboxylic acids is 1. The van der Waals surface area contributed by atoms with E-state index in [1.807, 2.05) is 12.1 Å². The molecule has 1 aliphatic carbocycles. The molecule has 204 valence electrons. The number of rotatable bonds is 10. The second-order valence-electron chi connectivity index (χ2n) is 10.6. The van der Waals surface area contributed by atoms with Crippen molar-refractivity contribution < 1.29 is 38.5 Å². The first kappa shape index (κ1) is 26.2. The monoisotopic (exact) mass is 527 g/mol. The Labute approximate surface area is 220 Å². The fraction of sp³-hybridized carbons (Fsp3) is 0.556. The van der Waals surface area contributed by atoms with Gasteiger partial charge >= 0.3 is 11.9 Å². The number of amidine groups is 1. The summed E-state index contributed by atoms with van der Waals surface area (Å²) >= 11 is 0. The fourth-order valence-electron chi connectivity index (χ4n) is 5.84. The molecule has 1 saturated heterocycles. The van der Waals surface area contributed by atoms with Gasteiger partial charge in [0.25, 0.3) is 0 Å². The number of aromatic nitrogens is 1. The van der Waals surface area contributed by atoms with Crippen LogP contribution >= 0.6 is 0 Å². The first-order chi connectivity index (χ1) is 18.2.